The molecule has 2 aromatic heterocycles. The first-order valence-electron chi connectivity index (χ1n) is 19.9. The standard InChI is InChI=1S/C37H42F2N8O4.C7H6O2.Na/c1-3-35(26(2)48)47-36(49)46(25-42-47)31-7-5-29(6-8-31)43-14-16-44(17-15-43)30-9-11-32(12-10-30)50-20-27-19-37(51-21-27,22-45-24-40-23-41-45)33-13-4-28(38)18-34(33)39;8-7(9)6-4-2-1-3-5-6;/h4-13,18,23-27,35,48H,3,14-17,19-22H2,1-2H3;1-5H,(H,8,9);/q;;+1/p-1/t26-,27?,35-,37-;;/m0../s1. The quantitative estimate of drug-likeness (QED) is 0.169. The van der Waals surface area contributed by atoms with Gasteiger partial charge in [-0.1, -0.05) is 43.3 Å². The first kappa shape index (κ1) is 45.1. The summed E-state index contributed by atoms with van der Waals surface area (Å²) in [5.41, 5.74) is 2.15. The Labute approximate surface area is 374 Å². The maximum atomic E-state index is 15.0. The summed E-state index contributed by atoms with van der Waals surface area (Å²) in [4.78, 5) is 31.7. The number of carboxylic acid groups (broad SMARTS) is 1. The molecule has 2 fully saturated rings. The van der Waals surface area contributed by atoms with Crippen LogP contribution in [0.5, 0.6) is 5.75 Å². The van der Waals surface area contributed by atoms with Crippen molar-refractivity contribution in [1.29, 1.82) is 0 Å². The molecular weight excluding hydrogens is 798 g/mol. The third-order valence-electron chi connectivity index (χ3n) is 11.0. The minimum absolute atomic E-state index is 0. The fourth-order valence-electron chi connectivity index (χ4n) is 7.81. The van der Waals surface area contributed by atoms with E-state index in [1.807, 2.05) is 43.3 Å². The monoisotopic (exact) mass is 844 g/mol. The van der Waals surface area contributed by atoms with E-state index in [9.17, 15) is 28.6 Å². The summed E-state index contributed by atoms with van der Waals surface area (Å²) in [5, 5.41) is 28.6. The molecule has 0 aliphatic carbocycles. The number of carbonyl (C=O) groups is 1. The van der Waals surface area contributed by atoms with Crippen molar-refractivity contribution in [2.75, 3.05) is 49.2 Å². The number of anilines is 2. The summed E-state index contributed by atoms with van der Waals surface area (Å²) >= 11 is 0. The van der Waals surface area contributed by atoms with E-state index in [4.69, 9.17) is 9.47 Å². The average molecular weight is 845 g/mol. The zero-order valence-electron chi connectivity index (χ0n) is 34.4. The number of hydrogen-bond donors (Lipinski definition) is 1. The van der Waals surface area contributed by atoms with Gasteiger partial charge in [0.1, 0.15) is 42.0 Å². The van der Waals surface area contributed by atoms with Gasteiger partial charge in [0.2, 0.25) is 0 Å². The summed E-state index contributed by atoms with van der Waals surface area (Å²) in [6, 6.07) is 27.2. The number of ether oxygens (including phenoxy) is 2. The third-order valence-corrected chi connectivity index (χ3v) is 11.0. The molecule has 0 radical (unpaired) electrons. The Hall–Kier alpha value is -5.39. The van der Waals surface area contributed by atoms with E-state index in [2.05, 4.69) is 37.1 Å². The molecule has 1 unspecified atom stereocenters. The predicted molar refractivity (Wildman–Crippen MR) is 218 cm³/mol. The van der Waals surface area contributed by atoms with Gasteiger partial charge in [-0.3, -0.25) is 0 Å². The van der Waals surface area contributed by atoms with Crippen molar-refractivity contribution in [3.63, 3.8) is 0 Å². The van der Waals surface area contributed by atoms with Crippen molar-refractivity contribution in [2.24, 2.45) is 5.92 Å². The summed E-state index contributed by atoms with van der Waals surface area (Å²) in [6.07, 6.45) is 4.88. The van der Waals surface area contributed by atoms with Crippen molar-refractivity contribution in [3.05, 3.63) is 149 Å². The van der Waals surface area contributed by atoms with E-state index < -0.39 is 29.3 Å². The Morgan fingerprint density at radius 2 is 1.56 bits per heavy atom. The minimum atomic E-state index is -1.13. The molecule has 4 aromatic carbocycles. The van der Waals surface area contributed by atoms with Crippen molar-refractivity contribution < 1.29 is 62.8 Å². The summed E-state index contributed by atoms with van der Waals surface area (Å²) in [6.45, 7) is 7.97. The molecule has 4 atom stereocenters. The number of piperazine rings is 1. The Bertz CT molecular complexity index is 2370. The second-order valence-electron chi connectivity index (χ2n) is 15.0. The molecule has 314 valence electrons. The maximum Gasteiger partial charge on any atom is 1.00 e. The zero-order chi connectivity index (χ0) is 42.2. The number of nitrogens with zero attached hydrogens (tertiary/aromatic N) is 8. The van der Waals surface area contributed by atoms with Crippen LogP contribution in [0, 0.1) is 17.6 Å². The molecule has 1 N–H and O–H groups in total. The number of halogens is 2. The molecule has 0 amide bonds. The van der Waals surface area contributed by atoms with E-state index in [1.165, 1.54) is 46.2 Å². The van der Waals surface area contributed by atoms with Gasteiger partial charge in [-0.05, 0) is 79.9 Å². The molecule has 61 heavy (non-hydrogen) atoms. The van der Waals surface area contributed by atoms with E-state index in [1.54, 1.807) is 36.1 Å². The number of aromatic carboxylic acids is 1. The van der Waals surface area contributed by atoms with Crippen LogP contribution in [0.3, 0.4) is 0 Å². The predicted octanol–water partition coefficient (Wildman–Crippen LogP) is 1.63. The van der Waals surface area contributed by atoms with Gasteiger partial charge in [0.15, 0.2) is 0 Å². The molecule has 4 heterocycles. The number of aliphatic hydroxyl groups is 1. The number of hydrogen-bond acceptors (Lipinski definition) is 11. The largest absolute Gasteiger partial charge is 1.00 e. The number of aliphatic hydroxyl groups excluding tert-OH is 1. The van der Waals surface area contributed by atoms with Crippen molar-refractivity contribution >= 4 is 17.3 Å². The topological polar surface area (TPSA) is 156 Å². The molecule has 0 saturated carbocycles. The van der Waals surface area contributed by atoms with Crippen LogP contribution >= 0.6 is 0 Å². The van der Waals surface area contributed by atoms with Crippen molar-refractivity contribution in [2.45, 2.75) is 51.0 Å². The Kier molecular flexibility index (Phi) is 15.1. The number of rotatable bonds is 13. The van der Waals surface area contributed by atoms with Gasteiger partial charge in [-0.25, -0.2) is 32.5 Å². The third kappa shape index (κ3) is 10.7. The van der Waals surface area contributed by atoms with E-state index in [0.29, 0.717) is 31.6 Å². The van der Waals surface area contributed by atoms with Gasteiger partial charge in [0, 0.05) is 55.1 Å². The van der Waals surface area contributed by atoms with Crippen LogP contribution in [0.15, 0.2) is 121 Å². The number of carbonyl (C=O) groups excluding carboxylic acids is 1. The number of aromatic nitrogens is 6. The van der Waals surface area contributed by atoms with Crippen LogP contribution in [-0.2, 0) is 16.9 Å². The van der Waals surface area contributed by atoms with E-state index in [-0.39, 0.29) is 59.3 Å². The molecule has 2 aliphatic rings. The molecule has 14 nitrogen and oxygen atoms in total. The van der Waals surface area contributed by atoms with Gasteiger partial charge in [0.25, 0.3) is 0 Å². The summed E-state index contributed by atoms with van der Waals surface area (Å²) < 4.78 is 45.6. The molecule has 8 rings (SSSR count). The summed E-state index contributed by atoms with van der Waals surface area (Å²) in [5.74, 6) is -1.69. The second kappa shape index (κ2) is 20.4. The van der Waals surface area contributed by atoms with E-state index in [0.717, 1.165) is 55.1 Å². The van der Waals surface area contributed by atoms with Gasteiger partial charge in [0.05, 0.1) is 43.6 Å². The number of benzene rings is 4. The van der Waals surface area contributed by atoms with Gasteiger partial charge in [-0.15, -0.1) is 0 Å². The van der Waals surface area contributed by atoms with Gasteiger partial charge < -0.3 is 34.3 Å². The van der Waals surface area contributed by atoms with Crippen LogP contribution in [-0.4, -0.2) is 85.7 Å². The number of carboxylic acids is 1. The van der Waals surface area contributed by atoms with Gasteiger partial charge >= 0.3 is 35.2 Å². The average Bonchev–Trinajstić information content (AvgIpc) is 4.02. The SMILES string of the molecule is CC[C@@H]([C@H](C)O)n1ncn(-c2ccc(N3CCN(c4ccc(OCC5CO[C@@](Cn6cncn6)(c6ccc(F)cc6F)C5)cc4)CC3)cc2)c1=O.O=C([O-])c1ccccc1.[Na+]. The Morgan fingerprint density at radius 3 is 2.11 bits per heavy atom. The van der Waals surface area contributed by atoms with Crippen LogP contribution in [0.1, 0.15) is 48.7 Å². The molecular formula is C44H47F2N8NaO6. The normalized spacial score (nSPS) is 18.4. The maximum absolute atomic E-state index is 15.0. The Balaban J connectivity index is 0.000000554. The van der Waals surface area contributed by atoms with Crippen LogP contribution in [0.25, 0.3) is 5.69 Å². The molecule has 0 spiro atoms. The second-order valence-corrected chi connectivity index (χ2v) is 15.0. The molecule has 2 saturated heterocycles. The van der Waals surface area contributed by atoms with Crippen LogP contribution in [0.4, 0.5) is 20.2 Å². The fraction of sp³-hybridized carbons (Fsp3) is 0.341. The van der Waals surface area contributed by atoms with Crippen molar-refractivity contribution in [1.82, 2.24) is 29.1 Å². The van der Waals surface area contributed by atoms with Gasteiger partial charge in [-0.2, -0.15) is 10.2 Å². The zero-order valence-corrected chi connectivity index (χ0v) is 36.4. The first-order valence-corrected chi connectivity index (χ1v) is 19.9. The first-order chi connectivity index (χ1) is 29.0. The van der Waals surface area contributed by atoms with Crippen LogP contribution in [0.2, 0.25) is 0 Å². The molecule has 6 aromatic rings. The van der Waals surface area contributed by atoms with Crippen molar-refractivity contribution in [3.8, 4) is 11.4 Å². The molecule has 0 bridgehead atoms. The fourth-order valence-corrected chi connectivity index (χ4v) is 7.81. The molecule has 2 aliphatic heterocycles. The van der Waals surface area contributed by atoms with E-state index >= 15 is 0 Å². The summed E-state index contributed by atoms with van der Waals surface area (Å²) in [7, 11) is 0. The Morgan fingerprint density at radius 1 is 0.918 bits per heavy atom. The molecule has 17 heteroatoms. The van der Waals surface area contributed by atoms with Crippen LogP contribution < -0.4 is 54.9 Å². The smallest absolute Gasteiger partial charge is 0.545 e. The minimum Gasteiger partial charge on any atom is -0.545 e.